The van der Waals surface area contributed by atoms with Crippen molar-refractivity contribution in [1.82, 2.24) is 10.2 Å². The van der Waals surface area contributed by atoms with Crippen LogP contribution in [0.5, 0.6) is 11.5 Å². The van der Waals surface area contributed by atoms with Crippen LogP contribution in [0.15, 0.2) is 42.5 Å². The van der Waals surface area contributed by atoms with E-state index < -0.39 is 23.3 Å². The maximum absolute atomic E-state index is 14.1. The second-order valence-electron chi connectivity index (χ2n) is 9.49. The summed E-state index contributed by atoms with van der Waals surface area (Å²) in [4.78, 5) is 44.0. The third-order valence-electron chi connectivity index (χ3n) is 7.66. The van der Waals surface area contributed by atoms with E-state index in [1.165, 1.54) is 4.90 Å². The number of nitrogens with zero attached hydrogens (tertiary/aromatic N) is 2. The minimum absolute atomic E-state index is 0.170. The van der Waals surface area contributed by atoms with E-state index in [1.807, 2.05) is 30.3 Å². The first-order chi connectivity index (χ1) is 17.0. The van der Waals surface area contributed by atoms with Gasteiger partial charge in [0.15, 0.2) is 16.9 Å². The maximum Gasteiger partial charge on any atom is 0.330 e. The van der Waals surface area contributed by atoms with Crippen molar-refractivity contribution in [2.45, 2.75) is 44.6 Å². The summed E-state index contributed by atoms with van der Waals surface area (Å²) in [5.74, 6) is 0.338. The number of hydrogen-bond donors (Lipinski definition) is 1. The van der Waals surface area contributed by atoms with Crippen molar-refractivity contribution < 1.29 is 23.9 Å². The smallest absolute Gasteiger partial charge is 0.330 e. The molecule has 4 amide bonds. The Kier molecular flexibility index (Phi) is 6.13. The van der Waals surface area contributed by atoms with Crippen molar-refractivity contribution in [3.8, 4) is 11.5 Å². The van der Waals surface area contributed by atoms with Crippen molar-refractivity contribution in [3.05, 3.63) is 53.6 Å². The first-order valence-corrected chi connectivity index (χ1v) is 12.2. The predicted molar refractivity (Wildman–Crippen MR) is 131 cm³/mol. The highest BCUT2D eigenvalue weighted by Gasteiger charge is 2.61. The molecule has 0 bridgehead atoms. The molecular formula is C27H31N3O5. The van der Waals surface area contributed by atoms with Gasteiger partial charge in [-0.1, -0.05) is 37.1 Å². The molecule has 8 nitrogen and oxygen atoms in total. The first-order valence-electron chi connectivity index (χ1n) is 12.2. The van der Waals surface area contributed by atoms with Crippen molar-refractivity contribution in [1.29, 1.82) is 0 Å². The SMILES string of the molecule is COc1ccc(CCN2C(=O)NC(=O)[C@]3(Cc4ccccc4N4CCCCC[C@H]43)C2=O)cc1OC. The summed E-state index contributed by atoms with van der Waals surface area (Å²) >= 11 is 0. The largest absolute Gasteiger partial charge is 0.493 e. The van der Waals surface area contributed by atoms with Crippen molar-refractivity contribution >= 4 is 23.5 Å². The Morgan fingerprint density at radius 3 is 2.60 bits per heavy atom. The van der Waals surface area contributed by atoms with E-state index in [4.69, 9.17) is 9.47 Å². The van der Waals surface area contributed by atoms with E-state index >= 15 is 0 Å². The highest BCUT2D eigenvalue weighted by molar-refractivity contribution is 6.20. The lowest BCUT2D eigenvalue weighted by molar-refractivity contribution is -0.153. The number of methoxy groups -OCH3 is 2. The molecule has 5 rings (SSSR count). The maximum atomic E-state index is 14.1. The number of nitrogens with one attached hydrogen (secondary N) is 1. The molecule has 2 fully saturated rings. The molecule has 0 radical (unpaired) electrons. The number of fused-ring (bicyclic) bond motifs is 4. The number of anilines is 1. The molecule has 3 heterocycles. The zero-order chi connectivity index (χ0) is 24.6. The van der Waals surface area contributed by atoms with Crippen LogP contribution in [-0.2, 0) is 22.4 Å². The van der Waals surface area contributed by atoms with Crippen LogP contribution in [0.2, 0.25) is 0 Å². The third-order valence-corrected chi connectivity index (χ3v) is 7.66. The monoisotopic (exact) mass is 477 g/mol. The summed E-state index contributed by atoms with van der Waals surface area (Å²) in [5.41, 5.74) is 1.66. The molecule has 3 aliphatic rings. The van der Waals surface area contributed by atoms with Crippen LogP contribution in [0.1, 0.15) is 36.8 Å². The second-order valence-corrected chi connectivity index (χ2v) is 9.49. The summed E-state index contributed by atoms with van der Waals surface area (Å²) < 4.78 is 10.7. The number of imide groups is 2. The fourth-order valence-electron chi connectivity index (χ4n) is 5.90. The average molecular weight is 478 g/mol. The molecule has 2 saturated heterocycles. The van der Waals surface area contributed by atoms with E-state index in [2.05, 4.69) is 16.3 Å². The molecule has 0 aromatic heterocycles. The molecule has 1 N–H and O–H groups in total. The number of rotatable bonds is 5. The second kappa shape index (κ2) is 9.24. The van der Waals surface area contributed by atoms with Gasteiger partial charge in [-0.05, 0) is 55.0 Å². The number of para-hydroxylation sites is 1. The van der Waals surface area contributed by atoms with Gasteiger partial charge in [0.2, 0.25) is 11.8 Å². The van der Waals surface area contributed by atoms with E-state index in [0.717, 1.165) is 49.0 Å². The molecule has 35 heavy (non-hydrogen) atoms. The van der Waals surface area contributed by atoms with Gasteiger partial charge in [-0.3, -0.25) is 19.8 Å². The topological polar surface area (TPSA) is 88.2 Å². The van der Waals surface area contributed by atoms with Gasteiger partial charge >= 0.3 is 6.03 Å². The third kappa shape index (κ3) is 3.81. The Hall–Kier alpha value is -3.55. The Balaban J connectivity index is 1.47. The Morgan fingerprint density at radius 2 is 1.80 bits per heavy atom. The fourth-order valence-corrected chi connectivity index (χ4v) is 5.90. The standard InChI is InChI=1S/C27H31N3O5/c1-34-21-12-11-18(16-22(21)35-2)13-15-30-25(32)27(24(31)28-26(30)33)17-19-8-5-6-9-20(19)29-14-7-3-4-10-23(27)29/h5-6,8-9,11-12,16,23H,3-4,7,10,13-15,17H2,1-2H3,(H,28,31,33)/t23-,27+/m0/s1. The van der Waals surface area contributed by atoms with Crippen molar-refractivity contribution in [3.63, 3.8) is 0 Å². The molecule has 2 aromatic rings. The summed E-state index contributed by atoms with van der Waals surface area (Å²) in [6.45, 7) is 0.965. The van der Waals surface area contributed by atoms with E-state index in [0.29, 0.717) is 24.3 Å². The fraction of sp³-hybridized carbons (Fsp3) is 0.444. The minimum Gasteiger partial charge on any atom is -0.493 e. The molecular weight excluding hydrogens is 446 g/mol. The number of amides is 4. The number of barbiturate groups is 1. The minimum atomic E-state index is -1.32. The highest BCUT2D eigenvalue weighted by Crippen LogP contribution is 2.47. The van der Waals surface area contributed by atoms with Gasteiger partial charge in [0.1, 0.15) is 0 Å². The van der Waals surface area contributed by atoms with Crippen LogP contribution < -0.4 is 19.7 Å². The van der Waals surface area contributed by atoms with Gasteiger partial charge in [0, 0.05) is 18.8 Å². The number of benzene rings is 2. The zero-order valence-electron chi connectivity index (χ0n) is 20.2. The summed E-state index contributed by atoms with van der Waals surface area (Å²) in [5, 5.41) is 2.54. The summed E-state index contributed by atoms with van der Waals surface area (Å²) in [7, 11) is 3.14. The lowest BCUT2D eigenvalue weighted by Gasteiger charge is -2.51. The van der Waals surface area contributed by atoms with Gasteiger partial charge in [-0.2, -0.15) is 0 Å². The predicted octanol–water partition coefficient (Wildman–Crippen LogP) is 3.32. The van der Waals surface area contributed by atoms with E-state index in [9.17, 15) is 14.4 Å². The number of ether oxygens (including phenoxy) is 2. The lowest BCUT2D eigenvalue weighted by atomic mass is 9.67. The Labute approximate surface area is 205 Å². The number of carbonyl (C=O) groups is 3. The van der Waals surface area contributed by atoms with Gasteiger partial charge in [-0.25, -0.2) is 4.79 Å². The van der Waals surface area contributed by atoms with Crippen LogP contribution >= 0.6 is 0 Å². The quantitative estimate of drug-likeness (QED) is 0.665. The van der Waals surface area contributed by atoms with Crippen LogP contribution in [-0.4, -0.2) is 56.1 Å². The molecule has 184 valence electrons. The van der Waals surface area contributed by atoms with E-state index in [-0.39, 0.29) is 12.6 Å². The van der Waals surface area contributed by atoms with E-state index in [1.54, 1.807) is 20.3 Å². The number of hydrogen-bond acceptors (Lipinski definition) is 6. The summed E-state index contributed by atoms with van der Waals surface area (Å²) in [6.07, 6.45) is 4.50. The molecule has 0 aliphatic carbocycles. The summed E-state index contributed by atoms with van der Waals surface area (Å²) in [6, 6.07) is 12.6. The molecule has 2 aromatic carbocycles. The average Bonchev–Trinajstić information content (AvgIpc) is 3.14. The molecule has 0 unspecified atom stereocenters. The zero-order valence-corrected chi connectivity index (χ0v) is 20.2. The Bertz CT molecular complexity index is 1170. The van der Waals surface area contributed by atoms with Gasteiger partial charge in [-0.15, -0.1) is 0 Å². The molecule has 8 heteroatoms. The normalized spacial score (nSPS) is 23.9. The Morgan fingerprint density at radius 1 is 1.00 bits per heavy atom. The van der Waals surface area contributed by atoms with Crippen molar-refractivity contribution in [2.75, 3.05) is 32.2 Å². The van der Waals surface area contributed by atoms with Crippen molar-refractivity contribution in [2.24, 2.45) is 5.41 Å². The van der Waals surface area contributed by atoms with Gasteiger partial charge in [0.25, 0.3) is 0 Å². The number of carbonyl (C=O) groups excluding carboxylic acids is 3. The highest BCUT2D eigenvalue weighted by atomic mass is 16.5. The first kappa shape index (κ1) is 23.2. The molecule has 0 saturated carbocycles. The molecule has 1 spiro atoms. The molecule has 3 aliphatic heterocycles. The lowest BCUT2D eigenvalue weighted by Crippen LogP contribution is -2.72. The van der Waals surface area contributed by atoms with Crippen LogP contribution in [0.25, 0.3) is 0 Å². The van der Waals surface area contributed by atoms with Crippen LogP contribution in [0.3, 0.4) is 0 Å². The van der Waals surface area contributed by atoms with Gasteiger partial charge in [0.05, 0.1) is 20.3 Å². The number of urea groups is 1. The molecule has 2 atom stereocenters. The van der Waals surface area contributed by atoms with Gasteiger partial charge < -0.3 is 14.4 Å². The van der Waals surface area contributed by atoms with Crippen LogP contribution in [0.4, 0.5) is 10.5 Å². The van der Waals surface area contributed by atoms with Crippen LogP contribution in [0, 0.1) is 5.41 Å².